The summed E-state index contributed by atoms with van der Waals surface area (Å²) in [5.41, 5.74) is -1.42. The number of halogens is 3. The summed E-state index contributed by atoms with van der Waals surface area (Å²) in [5, 5.41) is 10.5. The molecule has 0 aliphatic carbocycles. The van der Waals surface area contributed by atoms with E-state index >= 15 is 0 Å². The van der Waals surface area contributed by atoms with Crippen LogP contribution in [0.4, 0.5) is 13.2 Å². The second kappa shape index (κ2) is 6.99. The van der Waals surface area contributed by atoms with Crippen molar-refractivity contribution in [2.24, 2.45) is 7.05 Å². The summed E-state index contributed by atoms with van der Waals surface area (Å²) in [6.45, 7) is 2.28. The lowest BCUT2D eigenvalue weighted by Crippen LogP contribution is -2.48. The van der Waals surface area contributed by atoms with E-state index < -0.39 is 29.9 Å². The van der Waals surface area contributed by atoms with Crippen molar-refractivity contribution in [2.45, 2.75) is 44.0 Å². The molecule has 0 radical (unpaired) electrons. The number of nitrogens with zero attached hydrogens (tertiary/aromatic N) is 3. The van der Waals surface area contributed by atoms with E-state index in [-0.39, 0.29) is 6.04 Å². The Balaban J connectivity index is 1.90. The highest BCUT2D eigenvalue weighted by molar-refractivity contribution is 5.78. The quantitative estimate of drug-likeness (QED) is 0.885. The van der Waals surface area contributed by atoms with Crippen LogP contribution in [0.1, 0.15) is 42.3 Å². The summed E-state index contributed by atoms with van der Waals surface area (Å²) in [5.74, 6) is -1.32. The average molecular weight is 381 g/mol. The van der Waals surface area contributed by atoms with Crippen LogP contribution in [0.3, 0.4) is 0 Å². The van der Waals surface area contributed by atoms with Crippen LogP contribution < -0.4 is 0 Å². The normalized spacial score (nSPS) is 19.9. The average Bonchev–Trinajstić information content (AvgIpc) is 3.23. The summed E-state index contributed by atoms with van der Waals surface area (Å²) >= 11 is 0. The number of aromatic nitrogens is 2. The molecular weight excluding hydrogens is 359 g/mol. The molecule has 2 heterocycles. The molecule has 1 aromatic carbocycles. The summed E-state index contributed by atoms with van der Waals surface area (Å²) < 4.78 is 42.2. The van der Waals surface area contributed by atoms with Crippen LogP contribution in [0, 0.1) is 6.92 Å². The number of likely N-dealkylation sites (tertiary alicyclic amines) is 1. The molecule has 2 aromatic rings. The van der Waals surface area contributed by atoms with Gasteiger partial charge < -0.3 is 14.6 Å². The van der Waals surface area contributed by atoms with Crippen molar-refractivity contribution >= 4 is 5.91 Å². The van der Waals surface area contributed by atoms with Crippen molar-refractivity contribution in [1.29, 1.82) is 0 Å². The highest BCUT2D eigenvalue weighted by Crippen LogP contribution is 2.43. The molecule has 2 atom stereocenters. The lowest BCUT2D eigenvalue weighted by Gasteiger charge is -2.33. The molecular formula is C19H22F3N3O2. The van der Waals surface area contributed by atoms with E-state index in [1.165, 1.54) is 24.3 Å². The molecule has 0 spiro atoms. The minimum absolute atomic E-state index is 0.280. The van der Waals surface area contributed by atoms with Crippen LogP contribution in [0.15, 0.2) is 36.7 Å². The molecule has 1 amide bonds. The molecule has 2 unspecified atom stereocenters. The Hall–Kier alpha value is -2.35. The zero-order chi connectivity index (χ0) is 19.8. The molecule has 1 aliphatic heterocycles. The fourth-order valence-electron chi connectivity index (χ4n) is 3.74. The minimum atomic E-state index is -5.03. The first-order chi connectivity index (χ1) is 12.6. The number of carbonyl (C=O) groups is 1. The zero-order valence-electron chi connectivity index (χ0n) is 15.2. The second-order valence-corrected chi connectivity index (χ2v) is 7.00. The van der Waals surface area contributed by atoms with Crippen molar-refractivity contribution in [3.8, 4) is 0 Å². The minimum Gasteiger partial charge on any atom is -0.374 e. The van der Waals surface area contributed by atoms with Crippen LogP contribution in [0.2, 0.25) is 0 Å². The Morgan fingerprint density at radius 1 is 1.33 bits per heavy atom. The monoisotopic (exact) mass is 381 g/mol. The van der Waals surface area contributed by atoms with E-state index in [0.717, 1.165) is 15.7 Å². The van der Waals surface area contributed by atoms with E-state index in [1.54, 1.807) is 0 Å². The number of aliphatic hydroxyl groups is 1. The number of hydrogen-bond acceptors (Lipinski definition) is 3. The third kappa shape index (κ3) is 3.45. The van der Waals surface area contributed by atoms with Gasteiger partial charge in [-0.05, 0) is 30.9 Å². The standard InChI is InChI=1S/C19H22F3N3O2/c1-13-6-3-4-7-14(13)15-8-5-10-25(15)16(26)12-18(27,19(20,21)22)17-23-9-11-24(17)2/h3-4,6-7,9,11,15,27H,5,8,10,12H2,1-2H3. The van der Waals surface area contributed by atoms with Crippen molar-refractivity contribution in [2.75, 3.05) is 6.54 Å². The molecule has 5 nitrogen and oxygen atoms in total. The van der Waals surface area contributed by atoms with Gasteiger partial charge in [-0.1, -0.05) is 24.3 Å². The van der Waals surface area contributed by atoms with Gasteiger partial charge in [-0.3, -0.25) is 4.79 Å². The lowest BCUT2D eigenvalue weighted by molar-refractivity contribution is -0.272. The number of rotatable bonds is 4. The molecule has 1 saturated heterocycles. The maximum Gasteiger partial charge on any atom is 0.425 e. The van der Waals surface area contributed by atoms with Crippen LogP contribution in [-0.2, 0) is 17.4 Å². The summed E-state index contributed by atoms with van der Waals surface area (Å²) in [7, 11) is 1.36. The highest BCUT2D eigenvalue weighted by atomic mass is 19.4. The Bertz CT molecular complexity index is 834. The Morgan fingerprint density at radius 3 is 2.63 bits per heavy atom. The van der Waals surface area contributed by atoms with E-state index in [4.69, 9.17) is 0 Å². The second-order valence-electron chi connectivity index (χ2n) is 7.00. The highest BCUT2D eigenvalue weighted by Gasteiger charge is 2.59. The van der Waals surface area contributed by atoms with Crippen molar-refractivity contribution in [1.82, 2.24) is 14.5 Å². The first-order valence-corrected chi connectivity index (χ1v) is 8.77. The maximum absolute atomic E-state index is 13.7. The third-order valence-corrected chi connectivity index (χ3v) is 5.19. The van der Waals surface area contributed by atoms with Gasteiger partial charge in [-0.25, -0.2) is 4.98 Å². The number of aryl methyl sites for hydroxylation is 2. The van der Waals surface area contributed by atoms with Gasteiger partial charge in [0.05, 0.1) is 12.5 Å². The van der Waals surface area contributed by atoms with E-state index in [2.05, 4.69) is 4.98 Å². The number of alkyl halides is 3. The fraction of sp³-hybridized carbons (Fsp3) is 0.474. The van der Waals surface area contributed by atoms with Gasteiger partial charge in [-0.15, -0.1) is 0 Å². The van der Waals surface area contributed by atoms with Gasteiger partial charge in [0, 0.05) is 26.0 Å². The Labute approximate surface area is 155 Å². The van der Waals surface area contributed by atoms with Crippen LogP contribution in [-0.4, -0.2) is 38.2 Å². The predicted molar refractivity (Wildman–Crippen MR) is 92.6 cm³/mol. The molecule has 27 heavy (non-hydrogen) atoms. The van der Waals surface area contributed by atoms with Crippen LogP contribution >= 0.6 is 0 Å². The molecule has 0 saturated carbocycles. The van der Waals surface area contributed by atoms with Gasteiger partial charge in [0.15, 0.2) is 5.82 Å². The molecule has 8 heteroatoms. The van der Waals surface area contributed by atoms with E-state index in [0.29, 0.717) is 19.4 Å². The molecule has 0 bridgehead atoms. The molecule has 1 aromatic heterocycles. The molecule has 3 rings (SSSR count). The summed E-state index contributed by atoms with van der Waals surface area (Å²) in [6.07, 6.45) is -2.25. The van der Waals surface area contributed by atoms with Gasteiger partial charge in [0.1, 0.15) is 0 Å². The summed E-state index contributed by atoms with van der Waals surface area (Å²) in [6, 6.07) is 7.25. The van der Waals surface area contributed by atoms with Gasteiger partial charge in [-0.2, -0.15) is 13.2 Å². The predicted octanol–water partition coefficient (Wildman–Crippen LogP) is 3.23. The lowest BCUT2D eigenvalue weighted by atomic mass is 9.95. The van der Waals surface area contributed by atoms with Gasteiger partial charge in [0.2, 0.25) is 11.5 Å². The Kier molecular flexibility index (Phi) is 5.03. The maximum atomic E-state index is 13.7. The SMILES string of the molecule is Cc1ccccc1C1CCCN1C(=O)CC(O)(c1nccn1C)C(F)(F)F. The summed E-state index contributed by atoms with van der Waals surface area (Å²) in [4.78, 5) is 17.9. The largest absolute Gasteiger partial charge is 0.425 e. The van der Waals surface area contributed by atoms with E-state index in [1.807, 2.05) is 31.2 Å². The molecule has 1 aliphatic rings. The van der Waals surface area contributed by atoms with Crippen LogP contribution in [0.25, 0.3) is 0 Å². The van der Waals surface area contributed by atoms with Crippen molar-refractivity contribution < 1.29 is 23.1 Å². The molecule has 146 valence electrons. The molecule has 1 N–H and O–H groups in total. The number of benzene rings is 1. The van der Waals surface area contributed by atoms with Crippen LogP contribution in [0.5, 0.6) is 0 Å². The Morgan fingerprint density at radius 2 is 2.04 bits per heavy atom. The zero-order valence-corrected chi connectivity index (χ0v) is 15.2. The van der Waals surface area contributed by atoms with Gasteiger partial charge >= 0.3 is 6.18 Å². The van der Waals surface area contributed by atoms with E-state index in [9.17, 15) is 23.1 Å². The topological polar surface area (TPSA) is 58.4 Å². The van der Waals surface area contributed by atoms with Crippen molar-refractivity contribution in [3.05, 3.63) is 53.6 Å². The number of imidazole rings is 1. The first kappa shape index (κ1) is 19.4. The first-order valence-electron chi connectivity index (χ1n) is 8.77. The number of amides is 1. The number of carbonyl (C=O) groups excluding carboxylic acids is 1. The smallest absolute Gasteiger partial charge is 0.374 e. The number of hydrogen-bond donors (Lipinski definition) is 1. The molecule has 1 fully saturated rings. The fourth-order valence-corrected chi connectivity index (χ4v) is 3.74. The third-order valence-electron chi connectivity index (χ3n) is 5.19. The van der Waals surface area contributed by atoms with Gasteiger partial charge in [0.25, 0.3) is 0 Å². The van der Waals surface area contributed by atoms with Crippen molar-refractivity contribution in [3.63, 3.8) is 0 Å².